The highest BCUT2D eigenvalue weighted by molar-refractivity contribution is 5.87. The quantitative estimate of drug-likeness (QED) is 0.549. The normalized spacial score (nSPS) is 11.0. The van der Waals surface area contributed by atoms with Crippen molar-refractivity contribution in [1.82, 2.24) is 15.0 Å². The van der Waals surface area contributed by atoms with E-state index >= 15 is 0 Å². The second kappa shape index (κ2) is 8.86. The second-order valence-corrected chi connectivity index (χ2v) is 5.27. The van der Waals surface area contributed by atoms with Gasteiger partial charge in [0, 0.05) is 17.7 Å². The molecule has 0 radical (unpaired) electrons. The predicted octanol–water partition coefficient (Wildman–Crippen LogP) is 3.19. The SMILES string of the molecule is CCCCc1cn(-c2cc(OC)ccc2/C=C/C(=O)OCC)nn1. The zero-order valence-corrected chi connectivity index (χ0v) is 14.4. The van der Waals surface area contributed by atoms with E-state index in [0.29, 0.717) is 12.4 Å². The number of aromatic nitrogens is 3. The molecule has 0 spiro atoms. The van der Waals surface area contributed by atoms with Gasteiger partial charge in [-0.25, -0.2) is 9.48 Å². The molecule has 24 heavy (non-hydrogen) atoms. The van der Waals surface area contributed by atoms with E-state index in [1.54, 1.807) is 24.8 Å². The minimum absolute atomic E-state index is 0.350. The summed E-state index contributed by atoms with van der Waals surface area (Å²) in [4.78, 5) is 11.5. The maximum atomic E-state index is 11.5. The first kappa shape index (κ1) is 17.7. The summed E-state index contributed by atoms with van der Waals surface area (Å²) in [7, 11) is 1.61. The highest BCUT2D eigenvalue weighted by Gasteiger charge is 2.09. The van der Waals surface area contributed by atoms with Gasteiger partial charge < -0.3 is 9.47 Å². The number of hydrogen-bond acceptors (Lipinski definition) is 5. The fraction of sp³-hybridized carbons (Fsp3) is 0.389. The number of aryl methyl sites for hydroxylation is 1. The van der Waals surface area contributed by atoms with Crippen LogP contribution in [-0.4, -0.2) is 34.7 Å². The predicted molar refractivity (Wildman–Crippen MR) is 92.2 cm³/mol. The highest BCUT2D eigenvalue weighted by atomic mass is 16.5. The smallest absolute Gasteiger partial charge is 0.330 e. The summed E-state index contributed by atoms with van der Waals surface area (Å²) < 4.78 is 11.9. The van der Waals surface area contributed by atoms with Gasteiger partial charge in [0.05, 0.1) is 31.3 Å². The summed E-state index contributed by atoms with van der Waals surface area (Å²) >= 11 is 0. The molecule has 0 fully saturated rings. The van der Waals surface area contributed by atoms with Crippen LogP contribution >= 0.6 is 0 Å². The molecule has 0 saturated carbocycles. The average Bonchev–Trinajstić information content (AvgIpc) is 3.07. The molecule has 0 atom stereocenters. The minimum Gasteiger partial charge on any atom is -0.497 e. The molecule has 0 N–H and O–H groups in total. The monoisotopic (exact) mass is 329 g/mol. The number of ether oxygens (including phenoxy) is 2. The summed E-state index contributed by atoms with van der Waals surface area (Å²) in [6.07, 6.45) is 8.11. The first-order valence-electron chi connectivity index (χ1n) is 8.12. The fourth-order valence-electron chi connectivity index (χ4n) is 2.23. The van der Waals surface area contributed by atoms with Crippen LogP contribution in [0.5, 0.6) is 5.75 Å². The minimum atomic E-state index is -0.374. The van der Waals surface area contributed by atoms with E-state index < -0.39 is 0 Å². The molecular formula is C18H23N3O3. The third kappa shape index (κ3) is 4.68. The lowest BCUT2D eigenvalue weighted by atomic mass is 10.1. The Kier molecular flexibility index (Phi) is 6.54. The van der Waals surface area contributed by atoms with Gasteiger partial charge in [0.15, 0.2) is 0 Å². The van der Waals surface area contributed by atoms with Crippen molar-refractivity contribution < 1.29 is 14.3 Å². The van der Waals surface area contributed by atoms with Crippen molar-refractivity contribution in [1.29, 1.82) is 0 Å². The molecule has 0 aliphatic heterocycles. The Labute approximate surface area is 142 Å². The average molecular weight is 329 g/mol. The maximum absolute atomic E-state index is 11.5. The Hall–Kier alpha value is -2.63. The molecule has 1 heterocycles. The molecule has 6 nitrogen and oxygen atoms in total. The van der Waals surface area contributed by atoms with E-state index in [0.717, 1.165) is 36.2 Å². The van der Waals surface area contributed by atoms with E-state index in [4.69, 9.17) is 9.47 Å². The van der Waals surface area contributed by atoms with Gasteiger partial charge in [0.25, 0.3) is 0 Å². The van der Waals surface area contributed by atoms with Crippen molar-refractivity contribution in [2.24, 2.45) is 0 Å². The van der Waals surface area contributed by atoms with Gasteiger partial charge in [-0.1, -0.05) is 18.6 Å². The molecule has 0 unspecified atom stereocenters. The number of methoxy groups -OCH3 is 1. The van der Waals surface area contributed by atoms with Crippen LogP contribution in [0, 0.1) is 0 Å². The van der Waals surface area contributed by atoms with Crippen molar-refractivity contribution in [2.45, 2.75) is 33.1 Å². The van der Waals surface area contributed by atoms with E-state index in [1.165, 1.54) is 6.08 Å². The summed E-state index contributed by atoms with van der Waals surface area (Å²) in [6.45, 7) is 4.27. The van der Waals surface area contributed by atoms with Gasteiger partial charge in [-0.3, -0.25) is 0 Å². The summed E-state index contributed by atoms with van der Waals surface area (Å²) in [6, 6.07) is 5.57. The Bertz CT molecular complexity index is 707. The molecule has 6 heteroatoms. The molecule has 0 saturated heterocycles. The lowest BCUT2D eigenvalue weighted by Crippen LogP contribution is -2.01. The number of benzene rings is 1. The van der Waals surface area contributed by atoms with E-state index in [-0.39, 0.29) is 5.97 Å². The largest absolute Gasteiger partial charge is 0.497 e. The van der Waals surface area contributed by atoms with Crippen LogP contribution in [0.15, 0.2) is 30.5 Å². The maximum Gasteiger partial charge on any atom is 0.330 e. The van der Waals surface area contributed by atoms with Gasteiger partial charge in [0.1, 0.15) is 5.75 Å². The molecule has 0 aliphatic carbocycles. The summed E-state index contributed by atoms with van der Waals surface area (Å²) in [5.41, 5.74) is 2.57. The molecule has 1 aromatic carbocycles. The van der Waals surface area contributed by atoms with Crippen molar-refractivity contribution in [3.8, 4) is 11.4 Å². The lowest BCUT2D eigenvalue weighted by molar-refractivity contribution is -0.137. The van der Waals surface area contributed by atoms with Crippen LogP contribution in [0.25, 0.3) is 11.8 Å². The Morgan fingerprint density at radius 1 is 1.33 bits per heavy atom. The molecule has 0 amide bonds. The van der Waals surface area contributed by atoms with Gasteiger partial charge in [-0.05, 0) is 38.0 Å². The van der Waals surface area contributed by atoms with Crippen molar-refractivity contribution in [3.63, 3.8) is 0 Å². The molecule has 1 aromatic heterocycles. The standard InChI is InChI=1S/C18H23N3O3/c1-4-6-7-15-13-21(20-19-15)17-12-16(23-3)10-8-14(17)9-11-18(22)24-5-2/h8-13H,4-7H2,1-3H3/b11-9+. The van der Waals surface area contributed by atoms with Crippen LogP contribution in [0.2, 0.25) is 0 Å². The molecule has 2 rings (SSSR count). The van der Waals surface area contributed by atoms with Crippen LogP contribution < -0.4 is 4.74 Å². The fourth-order valence-corrected chi connectivity index (χ4v) is 2.23. The number of rotatable bonds is 8. The molecular weight excluding hydrogens is 306 g/mol. The Morgan fingerprint density at radius 2 is 2.17 bits per heavy atom. The van der Waals surface area contributed by atoms with E-state index in [9.17, 15) is 4.79 Å². The number of unbranched alkanes of at least 4 members (excludes halogenated alkanes) is 1. The van der Waals surface area contributed by atoms with Crippen molar-refractivity contribution in [2.75, 3.05) is 13.7 Å². The molecule has 0 bridgehead atoms. The number of nitrogens with zero attached hydrogens (tertiary/aromatic N) is 3. The zero-order valence-electron chi connectivity index (χ0n) is 14.4. The number of carbonyl (C=O) groups is 1. The summed E-state index contributed by atoms with van der Waals surface area (Å²) in [5.74, 6) is 0.338. The van der Waals surface area contributed by atoms with Crippen molar-refractivity contribution >= 4 is 12.0 Å². The van der Waals surface area contributed by atoms with Gasteiger partial charge in [-0.2, -0.15) is 0 Å². The van der Waals surface area contributed by atoms with E-state index in [1.807, 2.05) is 24.4 Å². The zero-order chi connectivity index (χ0) is 17.4. The number of hydrogen-bond donors (Lipinski definition) is 0. The van der Waals surface area contributed by atoms with Gasteiger partial charge in [0.2, 0.25) is 0 Å². The van der Waals surface area contributed by atoms with Crippen LogP contribution in [0.4, 0.5) is 0 Å². The van der Waals surface area contributed by atoms with Crippen molar-refractivity contribution in [3.05, 3.63) is 41.7 Å². The van der Waals surface area contributed by atoms with Gasteiger partial charge in [-0.15, -0.1) is 5.10 Å². The first-order chi connectivity index (χ1) is 11.7. The van der Waals surface area contributed by atoms with Gasteiger partial charge >= 0.3 is 5.97 Å². The number of esters is 1. The lowest BCUT2D eigenvalue weighted by Gasteiger charge is -2.08. The molecule has 0 aliphatic rings. The topological polar surface area (TPSA) is 66.2 Å². The van der Waals surface area contributed by atoms with Crippen LogP contribution in [-0.2, 0) is 16.0 Å². The third-order valence-corrected chi connectivity index (χ3v) is 3.50. The summed E-state index contributed by atoms with van der Waals surface area (Å²) in [5, 5.41) is 8.41. The first-order valence-corrected chi connectivity index (χ1v) is 8.12. The Balaban J connectivity index is 2.32. The Morgan fingerprint density at radius 3 is 2.88 bits per heavy atom. The van der Waals surface area contributed by atoms with E-state index in [2.05, 4.69) is 17.2 Å². The highest BCUT2D eigenvalue weighted by Crippen LogP contribution is 2.22. The second-order valence-electron chi connectivity index (χ2n) is 5.27. The third-order valence-electron chi connectivity index (χ3n) is 3.50. The van der Waals surface area contributed by atoms with Crippen LogP contribution in [0.3, 0.4) is 0 Å². The van der Waals surface area contributed by atoms with Crippen LogP contribution in [0.1, 0.15) is 37.9 Å². The molecule has 2 aromatic rings. The molecule has 128 valence electrons. The number of carbonyl (C=O) groups excluding carboxylic acids is 1.